The number of aromatic nitrogens is 4. The molecule has 0 bridgehead atoms. The lowest BCUT2D eigenvalue weighted by Crippen LogP contribution is -2.19. The molecule has 1 aromatic heterocycles. The minimum atomic E-state index is -0.298. The molecule has 0 aliphatic rings. The van der Waals surface area contributed by atoms with E-state index in [4.69, 9.17) is 0 Å². The molecule has 4 aromatic rings. The molecule has 172 valence electrons. The highest BCUT2D eigenvalue weighted by Crippen LogP contribution is 2.23. The minimum Gasteiger partial charge on any atom is -0.325 e. The van der Waals surface area contributed by atoms with E-state index in [1.165, 1.54) is 11.8 Å². The van der Waals surface area contributed by atoms with Crippen molar-refractivity contribution in [2.24, 2.45) is 0 Å². The number of nitrogens with zero attached hydrogens (tertiary/aromatic N) is 4. The highest BCUT2D eigenvalue weighted by atomic mass is 32.2. The molecular formula is C25H24N6O2S. The van der Waals surface area contributed by atoms with Crippen molar-refractivity contribution in [3.8, 4) is 5.69 Å². The summed E-state index contributed by atoms with van der Waals surface area (Å²) >= 11 is 1.22. The number of carbonyl (C=O) groups excluding carboxylic acids is 2. The van der Waals surface area contributed by atoms with Crippen molar-refractivity contribution < 1.29 is 9.59 Å². The van der Waals surface area contributed by atoms with Gasteiger partial charge in [-0.05, 0) is 72.7 Å². The second-order valence-corrected chi connectivity index (χ2v) is 8.81. The number of para-hydroxylation sites is 1. The molecule has 0 fully saturated rings. The second kappa shape index (κ2) is 10.3. The molecule has 0 unspecified atom stereocenters. The summed E-state index contributed by atoms with van der Waals surface area (Å²) in [5.41, 5.74) is 5.59. The number of benzene rings is 3. The molecule has 4 rings (SSSR count). The Hall–Kier alpha value is -3.98. The van der Waals surface area contributed by atoms with Gasteiger partial charge in [-0.1, -0.05) is 53.7 Å². The van der Waals surface area contributed by atoms with Crippen LogP contribution < -0.4 is 10.6 Å². The Morgan fingerprint density at radius 3 is 2.50 bits per heavy atom. The lowest BCUT2D eigenvalue weighted by Gasteiger charge is -2.12. The van der Waals surface area contributed by atoms with Crippen LogP contribution in [-0.2, 0) is 4.79 Å². The molecule has 2 N–H and O–H groups in total. The van der Waals surface area contributed by atoms with Gasteiger partial charge in [-0.15, -0.1) is 5.10 Å². The summed E-state index contributed by atoms with van der Waals surface area (Å²) in [5, 5.41) is 18.1. The van der Waals surface area contributed by atoms with Crippen LogP contribution in [0.2, 0.25) is 0 Å². The third-order valence-corrected chi connectivity index (χ3v) is 5.99. The number of tetrazole rings is 1. The van der Waals surface area contributed by atoms with E-state index in [2.05, 4.69) is 32.2 Å². The monoisotopic (exact) mass is 472 g/mol. The van der Waals surface area contributed by atoms with E-state index in [1.54, 1.807) is 28.9 Å². The smallest absolute Gasteiger partial charge is 0.257 e. The topological polar surface area (TPSA) is 102 Å². The third-order valence-electron chi connectivity index (χ3n) is 5.08. The van der Waals surface area contributed by atoms with Gasteiger partial charge in [0.1, 0.15) is 0 Å². The lowest BCUT2D eigenvalue weighted by atomic mass is 10.1. The number of amides is 2. The van der Waals surface area contributed by atoms with Crippen molar-refractivity contribution in [2.45, 2.75) is 25.9 Å². The van der Waals surface area contributed by atoms with Gasteiger partial charge in [-0.3, -0.25) is 9.59 Å². The van der Waals surface area contributed by atoms with Gasteiger partial charge < -0.3 is 10.6 Å². The number of carbonyl (C=O) groups is 2. The van der Waals surface area contributed by atoms with Crippen molar-refractivity contribution in [2.75, 3.05) is 16.4 Å². The molecule has 8 nitrogen and oxygen atoms in total. The predicted molar refractivity (Wildman–Crippen MR) is 134 cm³/mol. The van der Waals surface area contributed by atoms with E-state index in [9.17, 15) is 9.59 Å². The Bertz CT molecular complexity index is 1350. The first-order valence-corrected chi connectivity index (χ1v) is 11.6. The molecule has 34 heavy (non-hydrogen) atoms. The Kier molecular flexibility index (Phi) is 7.03. The first kappa shape index (κ1) is 23.2. The third kappa shape index (κ3) is 5.49. The van der Waals surface area contributed by atoms with E-state index in [-0.39, 0.29) is 17.6 Å². The molecule has 0 spiro atoms. The highest BCUT2D eigenvalue weighted by molar-refractivity contribution is 7.99. The lowest BCUT2D eigenvalue weighted by molar-refractivity contribution is -0.113. The van der Waals surface area contributed by atoms with Gasteiger partial charge in [0.15, 0.2) is 0 Å². The van der Waals surface area contributed by atoms with E-state index >= 15 is 0 Å². The van der Waals surface area contributed by atoms with Crippen LogP contribution in [0.5, 0.6) is 0 Å². The molecule has 0 radical (unpaired) electrons. The summed E-state index contributed by atoms with van der Waals surface area (Å²) in [4.78, 5) is 25.5. The van der Waals surface area contributed by atoms with Crippen molar-refractivity contribution >= 4 is 35.0 Å². The SMILES string of the molecule is Cc1cccc(NC(=O)c2ccccc2NC(=O)CSc2nnnn2-c2ccc(C)cc2C)c1. The Balaban J connectivity index is 1.43. The summed E-state index contributed by atoms with van der Waals surface area (Å²) < 4.78 is 1.62. The van der Waals surface area contributed by atoms with E-state index < -0.39 is 0 Å². The predicted octanol–water partition coefficient (Wildman–Crippen LogP) is 4.57. The molecule has 9 heteroatoms. The van der Waals surface area contributed by atoms with Crippen molar-refractivity contribution in [3.63, 3.8) is 0 Å². The Morgan fingerprint density at radius 1 is 0.912 bits per heavy atom. The maximum absolute atomic E-state index is 12.8. The van der Waals surface area contributed by atoms with Gasteiger partial charge in [-0.2, -0.15) is 4.68 Å². The number of rotatable bonds is 7. The van der Waals surface area contributed by atoms with Crippen LogP contribution in [0, 0.1) is 20.8 Å². The zero-order valence-corrected chi connectivity index (χ0v) is 19.9. The largest absolute Gasteiger partial charge is 0.325 e. The maximum Gasteiger partial charge on any atom is 0.257 e. The van der Waals surface area contributed by atoms with Gasteiger partial charge in [0.05, 0.1) is 22.7 Å². The number of nitrogens with one attached hydrogen (secondary N) is 2. The van der Waals surface area contributed by atoms with Crippen LogP contribution in [0.25, 0.3) is 5.69 Å². The first-order chi connectivity index (χ1) is 16.4. The standard InChI is InChI=1S/C25H24N6O2S/c1-16-7-6-8-19(14-16)26-24(33)20-9-4-5-10-21(20)27-23(32)15-34-25-28-29-30-31(25)22-12-11-17(2)13-18(22)3/h4-14H,15H2,1-3H3,(H,26,33)(H,27,32). The van der Waals surface area contributed by atoms with Gasteiger partial charge >= 0.3 is 0 Å². The van der Waals surface area contributed by atoms with Crippen LogP contribution in [0.15, 0.2) is 71.9 Å². The molecule has 0 aliphatic heterocycles. The zero-order valence-electron chi connectivity index (χ0n) is 19.1. The van der Waals surface area contributed by atoms with Gasteiger partial charge in [0, 0.05) is 5.69 Å². The van der Waals surface area contributed by atoms with Crippen LogP contribution in [0.3, 0.4) is 0 Å². The van der Waals surface area contributed by atoms with E-state index in [1.807, 2.05) is 57.2 Å². The van der Waals surface area contributed by atoms with E-state index in [0.29, 0.717) is 22.1 Å². The fourth-order valence-electron chi connectivity index (χ4n) is 3.49. The summed E-state index contributed by atoms with van der Waals surface area (Å²) in [6.45, 7) is 5.97. The fourth-order valence-corrected chi connectivity index (χ4v) is 4.17. The van der Waals surface area contributed by atoms with Crippen LogP contribution >= 0.6 is 11.8 Å². The summed E-state index contributed by atoms with van der Waals surface area (Å²) in [5.74, 6) is -0.483. The maximum atomic E-state index is 12.8. The summed E-state index contributed by atoms with van der Waals surface area (Å²) in [6.07, 6.45) is 0. The normalized spacial score (nSPS) is 10.7. The average molecular weight is 473 g/mol. The summed E-state index contributed by atoms with van der Waals surface area (Å²) in [6, 6.07) is 20.4. The zero-order chi connectivity index (χ0) is 24.1. The summed E-state index contributed by atoms with van der Waals surface area (Å²) in [7, 11) is 0. The molecule has 3 aromatic carbocycles. The minimum absolute atomic E-state index is 0.0825. The van der Waals surface area contributed by atoms with Gasteiger partial charge in [-0.25, -0.2) is 0 Å². The Labute approximate surface area is 201 Å². The van der Waals surface area contributed by atoms with Gasteiger partial charge in [0.25, 0.3) is 5.91 Å². The molecule has 0 aliphatic carbocycles. The van der Waals surface area contributed by atoms with Crippen LogP contribution in [0.1, 0.15) is 27.0 Å². The second-order valence-electron chi connectivity index (χ2n) is 7.87. The molecule has 0 saturated carbocycles. The highest BCUT2D eigenvalue weighted by Gasteiger charge is 2.16. The number of hydrogen-bond acceptors (Lipinski definition) is 6. The van der Waals surface area contributed by atoms with Gasteiger partial charge in [0.2, 0.25) is 11.1 Å². The van der Waals surface area contributed by atoms with Crippen LogP contribution in [-0.4, -0.2) is 37.8 Å². The van der Waals surface area contributed by atoms with Crippen LogP contribution in [0.4, 0.5) is 11.4 Å². The van der Waals surface area contributed by atoms with Crippen molar-refractivity contribution in [1.29, 1.82) is 0 Å². The average Bonchev–Trinajstić information content (AvgIpc) is 3.26. The molecular weight excluding hydrogens is 448 g/mol. The number of anilines is 2. The first-order valence-electron chi connectivity index (χ1n) is 10.7. The number of hydrogen-bond donors (Lipinski definition) is 2. The number of aryl methyl sites for hydroxylation is 3. The number of thioether (sulfide) groups is 1. The quantitative estimate of drug-likeness (QED) is 0.382. The van der Waals surface area contributed by atoms with E-state index in [0.717, 1.165) is 22.4 Å². The fraction of sp³-hybridized carbons (Fsp3) is 0.160. The molecule has 0 saturated heterocycles. The molecule has 1 heterocycles. The van der Waals surface area contributed by atoms with Crippen molar-refractivity contribution in [1.82, 2.24) is 20.2 Å². The Morgan fingerprint density at radius 2 is 1.71 bits per heavy atom. The molecule has 0 atom stereocenters. The molecule has 2 amide bonds. The van der Waals surface area contributed by atoms with Crippen molar-refractivity contribution in [3.05, 3.63) is 89.0 Å².